The minimum absolute atomic E-state index is 0.322. The van der Waals surface area contributed by atoms with Gasteiger partial charge in [0.15, 0.2) is 23.9 Å². The van der Waals surface area contributed by atoms with Crippen LogP contribution in [-0.4, -0.2) is 32.6 Å². The average Bonchev–Trinajstić information content (AvgIpc) is 2.64. The second-order valence-corrected chi connectivity index (χ2v) is 5.95. The molecule has 0 aliphatic rings. The third-order valence-corrected chi connectivity index (χ3v) is 3.91. The lowest BCUT2D eigenvalue weighted by Crippen LogP contribution is -2.12. The predicted octanol–water partition coefficient (Wildman–Crippen LogP) is 4.45. The molecular weight excluding hydrogens is 379 g/mol. The van der Waals surface area contributed by atoms with Crippen molar-refractivity contribution in [2.24, 2.45) is 0 Å². The van der Waals surface area contributed by atoms with Crippen molar-refractivity contribution in [1.29, 1.82) is 0 Å². The van der Waals surface area contributed by atoms with E-state index < -0.39 is 5.97 Å². The lowest BCUT2D eigenvalue weighted by Gasteiger charge is -2.10. The Morgan fingerprint density at radius 1 is 1.04 bits per heavy atom. The van der Waals surface area contributed by atoms with Gasteiger partial charge in [0.1, 0.15) is 0 Å². The first kappa shape index (κ1) is 19.8. The Morgan fingerprint density at radius 2 is 1.73 bits per heavy atom. The van der Waals surface area contributed by atoms with E-state index in [2.05, 4.69) is 0 Å². The van der Waals surface area contributed by atoms with Crippen LogP contribution in [0.4, 0.5) is 0 Å². The highest BCUT2D eigenvalue weighted by molar-refractivity contribution is 6.32. The Balaban J connectivity index is 1.98. The summed E-state index contributed by atoms with van der Waals surface area (Å²) < 4.78 is 15.3. The van der Waals surface area contributed by atoms with Crippen LogP contribution in [0.1, 0.15) is 15.9 Å². The quantitative estimate of drug-likeness (QED) is 0.394. The predicted molar refractivity (Wildman–Crippen MR) is 100 cm³/mol. The lowest BCUT2D eigenvalue weighted by molar-refractivity contribution is -0.136. The van der Waals surface area contributed by atoms with Gasteiger partial charge in [0.2, 0.25) is 0 Å². The summed E-state index contributed by atoms with van der Waals surface area (Å²) in [6.45, 7) is -0.364. The van der Waals surface area contributed by atoms with Crippen LogP contribution in [0.5, 0.6) is 11.5 Å². The molecule has 26 heavy (non-hydrogen) atoms. The Labute approximate surface area is 161 Å². The minimum atomic E-state index is -0.654. The number of halogens is 2. The lowest BCUT2D eigenvalue weighted by atomic mass is 10.1. The molecule has 0 spiro atoms. The first-order chi connectivity index (χ1) is 12.4. The summed E-state index contributed by atoms with van der Waals surface area (Å²) in [5.74, 6) is -0.135. The molecule has 0 amide bonds. The van der Waals surface area contributed by atoms with E-state index >= 15 is 0 Å². The number of carbonyl (C=O) groups is 2. The molecule has 0 unspecified atom stereocenters. The van der Waals surface area contributed by atoms with Crippen molar-refractivity contribution in [2.45, 2.75) is 0 Å². The summed E-state index contributed by atoms with van der Waals surface area (Å²) in [7, 11) is 2.96. The van der Waals surface area contributed by atoms with Gasteiger partial charge in [-0.25, -0.2) is 4.79 Å². The Kier molecular flexibility index (Phi) is 7.06. The van der Waals surface area contributed by atoms with E-state index in [9.17, 15) is 9.59 Å². The topological polar surface area (TPSA) is 61.8 Å². The second kappa shape index (κ2) is 9.27. The average molecular weight is 395 g/mol. The molecule has 0 fully saturated rings. The summed E-state index contributed by atoms with van der Waals surface area (Å²) in [5.41, 5.74) is 1.03. The fraction of sp³-hybridized carbons (Fsp3) is 0.158. The van der Waals surface area contributed by atoms with Crippen LogP contribution in [0.15, 0.2) is 42.5 Å². The summed E-state index contributed by atoms with van der Waals surface area (Å²) in [6.07, 6.45) is 2.70. The number of esters is 1. The number of ketones is 1. The number of carbonyl (C=O) groups excluding carboxylic acids is 2. The van der Waals surface area contributed by atoms with Crippen LogP contribution in [-0.2, 0) is 9.53 Å². The van der Waals surface area contributed by atoms with Gasteiger partial charge in [-0.3, -0.25) is 4.79 Å². The van der Waals surface area contributed by atoms with E-state index in [-0.39, 0.29) is 12.4 Å². The molecule has 2 aromatic carbocycles. The number of ether oxygens (including phenoxy) is 3. The molecule has 0 bridgehead atoms. The van der Waals surface area contributed by atoms with Gasteiger partial charge in [0.25, 0.3) is 0 Å². The molecule has 0 N–H and O–H groups in total. The molecule has 2 rings (SSSR count). The highest BCUT2D eigenvalue weighted by Crippen LogP contribution is 2.36. The zero-order valence-corrected chi connectivity index (χ0v) is 15.6. The van der Waals surface area contributed by atoms with Crippen LogP contribution < -0.4 is 9.47 Å². The molecule has 0 saturated carbocycles. The molecular formula is C19H16Cl2O5. The van der Waals surface area contributed by atoms with Crippen molar-refractivity contribution in [3.63, 3.8) is 0 Å². The normalized spacial score (nSPS) is 10.6. The maximum Gasteiger partial charge on any atom is 0.331 e. The van der Waals surface area contributed by atoms with E-state index in [1.54, 1.807) is 36.4 Å². The largest absolute Gasteiger partial charge is 0.493 e. The van der Waals surface area contributed by atoms with E-state index in [1.165, 1.54) is 26.4 Å². The van der Waals surface area contributed by atoms with E-state index in [4.69, 9.17) is 37.4 Å². The summed E-state index contributed by atoms with van der Waals surface area (Å²) in [5, 5.41) is 0.868. The molecule has 136 valence electrons. The fourth-order valence-electron chi connectivity index (χ4n) is 2.10. The van der Waals surface area contributed by atoms with Crippen LogP contribution in [0, 0.1) is 0 Å². The number of hydrogen-bond acceptors (Lipinski definition) is 5. The van der Waals surface area contributed by atoms with Crippen LogP contribution >= 0.6 is 23.2 Å². The Hall–Kier alpha value is -2.50. The zero-order chi connectivity index (χ0) is 19.1. The standard InChI is InChI=1S/C19H16Cl2O5/c1-24-17-10-12(9-15(21)19(17)25-2)3-8-18(23)26-11-16(22)13-4-6-14(20)7-5-13/h3-10H,11H2,1-2H3. The Morgan fingerprint density at radius 3 is 2.35 bits per heavy atom. The molecule has 0 aliphatic heterocycles. The van der Waals surface area contributed by atoms with Gasteiger partial charge in [-0.2, -0.15) is 0 Å². The number of hydrogen-bond donors (Lipinski definition) is 0. The molecule has 0 heterocycles. The first-order valence-electron chi connectivity index (χ1n) is 7.49. The van der Waals surface area contributed by atoms with E-state index in [0.29, 0.717) is 32.7 Å². The van der Waals surface area contributed by atoms with Gasteiger partial charge in [-0.15, -0.1) is 0 Å². The second-order valence-electron chi connectivity index (χ2n) is 5.11. The maximum atomic E-state index is 11.9. The van der Waals surface area contributed by atoms with Crippen LogP contribution in [0.25, 0.3) is 6.08 Å². The zero-order valence-electron chi connectivity index (χ0n) is 14.1. The van der Waals surface area contributed by atoms with Gasteiger partial charge in [-0.1, -0.05) is 23.2 Å². The van der Waals surface area contributed by atoms with Crippen molar-refractivity contribution in [3.8, 4) is 11.5 Å². The van der Waals surface area contributed by atoms with Gasteiger partial charge in [0, 0.05) is 16.7 Å². The minimum Gasteiger partial charge on any atom is -0.493 e. The molecule has 0 saturated heterocycles. The summed E-state index contributed by atoms with van der Waals surface area (Å²) in [4.78, 5) is 23.7. The maximum absolute atomic E-state index is 11.9. The third kappa shape index (κ3) is 5.25. The molecule has 0 atom stereocenters. The van der Waals surface area contributed by atoms with Gasteiger partial charge in [-0.05, 0) is 48.0 Å². The van der Waals surface area contributed by atoms with Gasteiger partial charge in [0.05, 0.1) is 19.2 Å². The smallest absolute Gasteiger partial charge is 0.331 e. The number of benzene rings is 2. The van der Waals surface area contributed by atoms with Crippen molar-refractivity contribution >= 4 is 41.0 Å². The van der Waals surface area contributed by atoms with E-state index in [1.807, 2.05) is 0 Å². The molecule has 0 aliphatic carbocycles. The van der Waals surface area contributed by atoms with Crippen molar-refractivity contribution < 1.29 is 23.8 Å². The molecule has 0 radical (unpaired) electrons. The van der Waals surface area contributed by atoms with Crippen LogP contribution in [0.3, 0.4) is 0 Å². The monoisotopic (exact) mass is 394 g/mol. The highest BCUT2D eigenvalue weighted by atomic mass is 35.5. The van der Waals surface area contributed by atoms with E-state index in [0.717, 1.165) is 0 Å². The molecule has 5 nitrogen and oxygen atoms in total. The number of rotatable bonds is 7. The van der Waals surface area contributed by atoms with Crippen molar-refractivity contribution in [3.05, 3.63) is 63.6 Å². The Bertz CT molecular complexity index is 829. The SMILES string of the molecule is COc1cc(C=CC(=O)OCC(=O)c2ccc(Cl)cc2)cc(Cl)c1OC. The molecule has 7 heteroatoms. The molecule has 2 aromatic rings. The van der Waals surface area contributed by atoms with Crippen LogP contribution in [0.2, 0.25) is 10.0 Å². The van der Waals surface area contributed by atoms with Crippen molar-refractivity contribution in [2.75, 3.05) is 20.8 Å². The summed E-state index contributed by atoms with van der Waals surface area (Å²) in [6, 6.07) is 9.60. The van der Waals surface area contributed by atoms with Gasteiger partial charge < -0.3 is 14.2 Å². The molecule has 0 aromatic heterocycles. The first-order valence-corrected chi connectivity index (χ1v) is 8.25. The number of Topliss-reactive ketones (excluding diaryl/α,β-unsaturated/α-hetero) is 1. The van der Waals surface area contributed by atoms with Gasteiger partial charge >= 0.3 is 5.97 Å². The third-order valence-electron chi connectivity index (χ3n) is 3.38. The fourth-order valence-corrected chi connectivity index (χ4v) is 2.52. The summed E-state index contributed by atoms with van der Waals surface area (Å²) >= 11 is 11.9. The van der Waals surface area contributed by atoms with Crippen molar-refractivity contribution in [1.82, 2.24) is 0 Å². The highest BCUT2D eigenvalue weighted by Gasteiger charge is 2.11. The number of methoxy groups -OCH3 is 2.